The van der Waals surface area contributed by atoms with Crippen LogP contribution in [0.3, 0.4) is 0 Å². The molecule has 2 aromatic carbocycles. The Morgan fingerprint density at radius 3 is 2.44 bits per heavy atom. The van der Waals surface area contributed by atoms with E-state index in [4.69, 9.17) is 0 Å². The zero-order valence-corrected chi connectivity index (χ0v) is 15.6. The van der Waals surface area contributed by atoms with Crippen LogP contribution in [0.1, 0.15) is 35.7 Å². The van der Waals surface area contributed by atoms with Crippen LogP contribution in [-0.2, 0) is 5.75 Å². The fourth-order valence-electron chi connectivity index (χ4n) is 3.04. The largest absolute Gasteiger partial charge is 0.351 e. The Kier molecular flexibility index (Phi) is 6.16. The first-order chi connectivity index (χ1) is 12.1. The third-order valence-corrected chi connectivity index (χ3v) is 5.93. The van der Waals surface area contributed by atoms with Crippen molar-refractivity contribution < 1.29 is 4.79 Å². The van der Waals surface area contributed by atoms with Crippen LogP contribution < -0.4 is 10.6 Å². The Morgan fingerprint density at radius 1 is 1.08 bits per heavy atom. The summed E-state index contributed by atoms with van der Waals surface area (Å²) in [5, 5.41) is 6.49. The van der Waals surface area contributed by atoms with E-state index in [0.717, 1.165) is 43.8 Å². The predicted octanol–water partition coefficient (Wildman–Crippen LogP) is 4.10. The second kappa shape index (κ2) is 8.54. The lowest BCUT2D eigenvalue weighted by atomic mass is 9.81. The Morgan fingerprint density at radius 2 is 1.76 bits per heavy atom. The lowest BCUT2D eigenvalue weighted by Gasteiger charge is -2.34. The van der Waals surface area contributed by atoms with E-state index >= 15 is 0 Å². The average Bonchev–Trinajstić information content (AvgIpc) is 2.66. The van der Waals surface area contributed by atoms with Gasteiger partial charge in [0.25, 0.3) is 5.91 Å². The molecule has 0 spiro atoms. The van der Waals surface area contributed by atoms with Gasteiger partial charge < -0.3 is 10.6 Å². The minimum atomic E-state index is 0.0296. The molecule has 0 unspecified atom stereocenters. The highest BCUT2D eigenvalue weighted by Gasteiger charge is 2.27. The standard InChI is InChI=1S/C21H26N2OS/c1-21(11-13-22-14-12-21)16-23-20(24)18-9-7-17(8-10-18)15-25-19-5-3-2-4-6-19/h2-10,22H,11-16H2,1H3,(H,23,24). The van der Waals surface area contributed by atoms with E-state index in [1.165, 1.54) is 10.5 Å². The molecule has 0 radical (unpaired) electrons. The van der Waals surface area contributed by atoms with E-state index in [1.54, 1.807) is 0 Å². The summed E-state index contributed by atoms with van der Waals surface area (Å²) in [5.41, 5.74) is 2.19. The van der Waals surface area contributed by atoms with Gasteiger partial charge in [0.2, 0.25) is 0 Å². The van der Waals surface area contributed by atoms with E-state index in [9.17, 15) is 4.79 Å². The minimum absolute atomic E-state index is 0.0296. The number of hydrogen-bond acceptors (Lipinski definition) is 3. The Balaban J connectivity index is 1.50. The van der Waals surface area contributed by atoms with Crippen molar-refractivity contribution in [2.45, 2.75) is 30.4 Å². The van der Waals surface area contributed by atoms with Crippen LogP contribution in [0, 0.1) is 5.41 Å². The maximum absolute atomic E-state index is 12.4. The first kappa shape index (κ1) is 18.0. The number of hydrogen-bond donors (Lipinski definition) is 2. The smallest absolute Gasteiger partial charge is 0.251 e. The first-order valence-electron chi connectivity index (χ1n) is 8.90. The van der Waals surface area contributed by atoms with Crippen LogP contribution in [0.2, 0.25) is 0 Å². The second-order valence-electron chi connectivity index (χ2n) is 7.04. The fourth-order valence-corrected chi connectivity index (χ4v) is 3.91. The SMILES string of the molecule is CC1(CNC(=O)c2ccc(CSc3ccccc3)cc2)CCNCC1. The van der Waals surface area contributed by atoms with Gasteiger partial charge in [-0.05, 0) is 61.2 Å². The van der Waals surface area contributed by atoms with Gasteiger partial charge >= 0.3 is 0 Å². The number of benzene rings is 2. The molecule has 1 aliphatic heterocycles. The average molecular weight is 355 g/mol. The molecular formula is C21H26N2OS. The summed E-state index contributed by atoms with van der Waals surface area (Å²) in [6.07, 6.45) is 2.23. The van der Waals surface area contributed by atoms with E-state index < -0.39 is 0 Å². The highest BCUT2D eigenvalue weighted by molar-refractivity contribution is 7.98. The fraction of sp³-hybridized carbons (Fsp3) is 0.381. The number of carbonyl (C=O) groups is 1. The molecular weight excluding hydrogens is 328 g/mol. The molecule has 1 aliphatic rings. The zero-order valence-electron chi connectivity index (χ0n) is 14.8. The van der Waals surface area contributed by atoms with Crippen molar-refractivity contribution in [3.05, 3.63) is 65.7 Å². The van der Waals surface area contributed by atoms with Crippen LogP contribution in [0.15, 0.2) is 59.5 Å². The summed E-state index contributed by atoms with van der Waals surface area (Å²) in [4.78, 5) is 13.7. The van der Waals surface area contributed by atoms with Crippen molar-refractivity contribution in [1.29, 1.82) is 0 Å². The van der Waals surface area contributed by atoms with Crippen LogP contribution in [-0.4, -0.2) is 25.5 Å². The van der Waals surface area contributed by atoms with Crippen LogP contribution in [0.4, 0.5) is 0 Å². The van der Waals surface area contributed by atoms with Gasteiger partial charge in [0.15, 0.2) is 0 Å². The molecule has 0 aliphatic carbocycles. The summed E-state index contributed by atoms with van der Waals surface area (Å²) in [6.45, 7) is 5.09. The molecule has 4 heteroatoms. The van der Waals surface area contributed by atoms with Gasteiger partial charge in [-0.2, -0.15) is 0 Å². The quantitative estimate of drug-likeness (QED) is 0.768. The van der Waals surface area contributed by atoms with Crippen molar-refractivity contribution >= 4 is 17.7 Å². The first-order valence-corrected chi connectivity index (χ1v) is 9.89. The third kappa shape index (κ3) is 5.35. The molecule has 0 bridgehead atoms. The monoisotopic (exact) mass is 354 g/mol. The zero-order chi connectivity index (χ0) is 17.5. The van der Waals surface area contributed by atoms with Crippen LogP contribution >= 0.6 is 11.8 Å². The highest BCUT2D eigenvalue weighted by Crippen LogP contribution is 2.27. The number of rotatable bonds is 6. The molecule has 132 valence electrons. The van der Waals surface area contributed by atoms with Crippen LogP contribution in [0.25, 0.3) is 0 Å². The maximum Gasteiger partial charge on any atom is 0.251 e. The van der Waals surface area contributed by atoms with E-state index in [2.05, 4.69) is 54.0 Å². The second-order valence-corrected chi connectivity index (χ2v) is 8.09. The van der Waals surface area contributed by atoms with Gasteiger partial charge in [-0.3, -0.25) is 4.79 Å². The van der Waals surface area contributed by atoms with Gasteiger partial charge in [0.1, 0.15) is 0 Å². The number of thioether (sulfide) groups is 1. The van der Waals surface area contributed by atoms with E-state index in [0.29, 0.717) is 0 Å². The molecule has 3 rings (SSSR count). The summed E-state index contributed by atoms with van der Waals surface area (Å²) in [6, 6.07) is 18.3. The number of amides is 1. The van der Waals surface area contributed by atoms with Gasteiger partial charge in [-0.1, -0.05) is 37.3 Å². The molecule has 2 N–H and O–H groups in total. The lowest BCUT2D eigenvalue weighted by molar-refractivity contribution is 0.0922. The molecule has 1 fully saturated rings. The lowest BCUT2D eigenvalue weighted by Crippen LogP contribution is -2.42. The molecule has 25 heavy (non-hydrogen) atoms. The minimum Gasteiger partial charge on any atom is -0.351 e. The number of carbonyl (C=O) groups excluding carboxylic acids is 1. The van der Waals surface area contributed by atoms with E-state index in [1.807, 2.05) is 30.0 Å². The highest BCUT2D eigenvalue weighted by atomic mass is 32.2. The summed E-state index contributed by atoms with van der Waals surface area (Å²) in [5.74, 6) is 0.943. The van der Waals surface area contributed by atoms with Crippen molar-refractivity contribution in [1.82, 2.24) is 10.6 Å². The molecule has 3 nitrogen and oxygen atoms in total. The summed E-state index contributed by atoms with van der Waals surface area (Å²) in [7, 11) is 0. The number of piperidine rings is 1. The maximum atomic E-state index is 12.4. The summed E-state index contributed by atoms with van der Waals surface area (Å²) >= 11 is 1.81. The Labute approximate surface area is 154 Å². The molecule has 1 amide bonds. The molecule has 1 saturated heterocycles. The van der Waals surface area contributed by atoms with Crippen molar-refractivity contribution in [3.8, 4) is 0 Å². The van der Waals surface area contributed by atoms with Crippen molar-refractivity contribution in [2.24, 2.45) is 5.41 Å². The van der Waals surface area contributed by atoms with Crippen molar-refractivity contribution in [3.63, 3.8) is 0 Å². The normalized spacial score (nSPS) is 16.4. The Bertz CT molecular complexity index is 679. The van der Waals surface area contributed by atoms with Gasteiger partial charge in [0.05, 0.1) is 0 Å². The Hall–Kier alpha value is -1.78. The molecule has 0 atom stereocenters. The van der Waals surface area contributed by atoms with Gasteiger partial charge in [-0.25, -0.2) is 0 Å². The van der Waals surface area contributed by atoms with Gasteiger partial charge in [-0.15, -0.1) is 11.8 Å². The third-order valence-electron chi connectivity index (χ3n) is 4.85. The molecule has 1 heterocycles. The molecule has 0 saturated carbocycles. The van der Waals surface area contributed by atoms with Crippen molar-refractivity contribution in [2.75, 3.05) is 19.6 Å². The topological polar surface area (TPSA) is 41.1 Å². The number of nitrogens with one attached hydrogen (secondary N) is 2. The summed E-state index contributed by atoms with van der Waals surface area (Å²) < 4.78 is 0. The molecule has 0 aromatic heterocycles. The van der Waals surface area contributed by atoms with Gasteiger partial charge in [0, 0.05) is 22.8 Å². The molecule has 2 aromatic rings. The van der Waals surface area contributed by atoms with Crippen LogP contribution in [0.5, 0.6) is 0 Å². The van der Waals surface area contributed by atoms with E-state index in [-0.39, 0.29) is 11.3 Å². The predicted molar refractivity (Wildman–Crippen MR) is 105 cm³/mol.